The molecule has 11 heteroatoms. The Kier molecular flexibility index (Phi) is 12.2. The Morgan fingerprint density at radius 1 is 0.833 bits per heavy atom. The Labute approximate surface area is 176 Å². The molecule has 174 valence electrons. The Morgan fingerprint density at radius 2 is 1.33 bits per heavy atom. The number of hydrogen-bond acceptors (Lipinski definition) is 7. The van der Waals surface area contributed by atoms with Crippen molar-refractivity contribution in [1.29, 1.82) is 0 Å². The molecule has 0 radical (unpaired) electrons. The number of carbonyl (C=O) groups is 4. The van der Waals surface area contributed by atoms with Gasteiger partial charge in [0.1, 0.15) is 12.1 Å². The van der Waals surface area contributed by atoms with Gasteiger partial charge in [-0.05, 0) is 18.8 Å². The molecule has 0 spiro atoms. The summed E-state index contributed by atoms with van der Waals surface area (Å²) < 4.78 is 0. The van der Waals surface area contributed by atoms with Crippen LogP contribution in [0.25, 0.3) is 0 Å². The van der Waals surface area contributed by atoms with E-state index in [-0.39, 0.29) is 11.8 Å². The van der Waals surface area contributed by atoms with Crippen molar-refractivity contribution in [3.63, 3.8) is 0 Å². The summed E-state index contributed by atoms with van der Waals surface area (Å²) in [7, 11) is 0. The molecule has 0 heterocycles. The van der Waals surface area contributed by atoms with Gasteiger partial charge in [0, 0.05) is 0 Å². The first kappa shape index (κ1) is 27.8. The van der Waals surface area contributed by atoms with E-state index in [1.54, 1.807) is 6.92 Å². The van der Waals surface area contributed by atoms with Crippen LogP contribution in [0, 0.1) is 11.8 Å². The van der Waals surface area contributed by atoms with Crippen LogP contribution in [-0.2, 0) is 19.2 Å². The van der Waals surface area contributed by atoms with Gasteiger partial charge in [-0.2, -0.15) is 0 Å². The van der Waals surface area contributed by atoms with Crippen LogP contribution < -0.4 is 21.7 Å². The highest BCUT2D eigenvalue weighted by Crippen LogP contribution is 2.11. The first-order valence-electron chi connectivity index (χ1n) is 10.1. The van der Waals surface area contributed by atoms with Crippen molar-refractivity contribution in [1.82, 2.24) is 16.0 Å². The van der Waals surface area contributed by atoms with Gasteiger partial charge in [-0.15, -0.1) is 0 Å². The zero-order valence-electron chi connectivity index (χ0n) is 18.2. The topological polar surface area (TPSA) is 191 Å². The van der Waals surface area contributed by atoms with Crippen molar-refractivity contribution in [3.8, 4) is 0 Å². The molecule has 0 fully saturated rings. The summed E-state index contributed by atoms with van der Waals surface area (Å²) >= 11 is 0. The van der Waals surface area contributed by atoms with Crippen LogP contribution in [0.2, 0.25) is 0 Å². The molecule has 7 unspecified atom stereocenters. The number of aliphatic hydroxyl groups excluding tert-OH is 2. The zero-order valence-corrected chi connectivity index (χ0v) is 18.2. The Balaban J connectivity index is 5.33. The maximum absolute atomic E-state index is 12.7. The number of carbonyl (C=O) groups excluding carboxylic acids is 3. The van der Waals surface area contributed by atoms with Crippen molar-refractivity contribution in [2.24, 2.45) is 17.6 Å². The second-order valence-corrected chi connectivity index (χ2v) is 7.59. The van der Waals surface area contributed by atoms with E-state index in [1.165, 1.54) is 6.92 Å². The number of nitrogens with one attached hydrogen (secondary N) is 3. The van der Waals surface area contributed by atoms with Crippen LogP contribution in [0.15, 0.2) is 0 Å². The summed E-state index contributed by atoms with van der Waals surface area (Å²) in [4.78, 5) is 48.6. The summed E-state index contributed by atoms with van der Waals surface area (Å²) in [6, 6.07) is -4.90. The highest BCUT2D eigenvalue weighted by molar-refractivity contribution is 5.94. The van der Waals surface area contributed by atoms with E-state index in [0.717, 1.165) is 0 Å². The molecule has 0 saturated heterocycles. The molecule has 0 aliphatic heterocycles. The number of aliphatic carboxylic acids is 1. The molecule has 0 bridgehead atoms. The normalized spacial score (nSPS) is 18.1. The molecule has 0 aromatic rings. The lowest BCUT2D eigenvalue weighted by atomic mass is 9.95. The van der Waals surface area contributed by atoms with Gasteiger partial charge in [-0.1, -0.05) is 40.5 Å². The number of nitrogens with two attached hydrogens (primary N) is 1. The molecule has 0 aliphatic rings. The van der Waals surface area contributed by atoms with Crippen molar-refractivity contribution in [3.05, 3.63) is 0 Å². The van der Waals surface area contributed by atoms with E-state index in [1.807, 2.05) is 20.8 Å². The molecule has 0 aliphatic carbocycles. The largest absolute Gasteiger partial charge is 0.480 e. The lowest BCUT2D eigenvalue weighted by Crippen LogP contribution is -2.60. The monoisotopic (exact) mass is 432 g/mol. The second kappa shape index (κ2) is 13.1. The quantitative estimate of drug-likeness (QED) is 0.179. The van der Waals surface area contributed by atoms with Gasteiger partial charge >= 0.3 is 5.97 Å². The highest BCUT2D eigenvalue weighted by Gasteiger charge is 2.33. The standard InChI is InChI=1S/C19H36N4O7/c1-6-9(3)13(20)17(27)22-14(10(4)7-2)18(28)21-12(8-24)16(26)23-15(11(5)25)19(29)30/h9-15,24-25H,6-8,20H2,1-5H3,(H,21,28)(H,22,27)(H,23,26)(H,29,30). The number of aliphatic hydroxyl groups is 2. The average molecular weight is 433 g/mol. The smallest absolute Gasteiger partial charge is 0.328 e. The first-order valence-corrected chi connectivity index (χ1v) is 10.1. The molecule has 0 aromatic heterocycles. The second-order valence-electron chi connectivity index (χ2n) is 7.59. The van der Waals surface area contributed by atoms with E-state index in [0.29, 0.717) is 12.8 Å². The van der Waals surface area contributed by atoms with Crippen molar-refractivity contribution in [2.75, 3.05) is 6.61 Å². The van der Waals surface area contributed by atoms with Crippen LogP contribution in [-0.4, -0.2) is 75.9 Å². The highest BCUT2D eigenvalue weighted by atomic mass is 16.4. The van der Waals surface area contributed by atoms with Crippen LogP contribution in [0.1, 0.15) is 47.5 Å². The predicted octanol–water partition coefficient (Wildman–Crippen LogP) is -1.68. The first-order chi connectivity index (χ1) is 13.9. The average Bonchev–Trinajstić information content (AvgIpc) is 2.70. The van der Waals surface area contributed by atoms with E-state index in [9.17, 15) is 29.4 Å². The van der Waals surface area contributed by atoms with E-state index in [4.69, 9.17) is 10.8 Å². The molecule has 7 atom stereocenters. The third-order valence-electron chi connectivity index (χ3n) is 5.21. The zero-order chi connectivity index (χ0) is 23.6. The van der Waals surface area contributed by atoms with Gasteiger partial charge in [-0.25, -0.2) is 4.79 Å². The lowest BCUT2D eigenvalue weighted by Gasteiger charge is -2.28. The van der Waals surface area contributed by atoms with Crippen molar-refractivity contribution < 1.29 is 34.5 Å². The maximum atomic E-state index is 12.7. The molecular weight excluding hydrogens is 396 g/mol. The van der Waals surface area contributed by atoms with Crippen LogP contribution >= 0.6 is 0 Å². The van der Waals surface area contributed by atoms with E-state index in [2.05, 4.69) is 16.0 Å². The van der Waals surface area contributed by atoms with E-state index >= 15 is 0 Å². The molecule has 3 amide bonds. The molecule has 8 N–H and O–H groups in total. The third kappa shape index (κ3) is 8.25. The minimum atomic E-state index is -1.61. The van der Waals surface area contributed by atoms with Gasteiger partial charge in [0.2, 0.25) is 17.7 Å². The summed E-state index contributed by atoms with van der Waals surface area (Å²) in [5.41, 5.74) is 5.92. The maximum Gasteiger partial charge on any atom is 0.328 e. The fourth-order valence-corrected chi connectivity index (χ4v) is 2.56. The summed E-state index contributed by atoms with van der Waals surface area (Å²) in [6.45, 7) is 7.63. The fraction of sp³-hybridized carbons (Fsp3) is 0.789. The molecular formula is C19H36N4O7. The minimum Gasteiger partial charge on any atom is -0.480 e. The Hall–Kier alpha value is -2.24. The molecule has 0 saturated carbocycles. The number of amides is 3. The van der Waals surface area contributed by atoms with Crippen molar-refractivity contribution in [2.45, 2.75) is 77.7 Å². The number of carboxylic acids is 1. The molecule has 0 rings (SSSR count). The lowest BCUT2D eigenvalue weighted by molar-refractivity contribution is -0.145. The van der Waals surface area contributed by atoms with Gasteiger partial charge in [0.15, 0.2) is 6.04 Å². The van der Waals surface area contributed by atoms with Crippen molar-refractivity contribution >= 4 is 23.7 Å². The SMILES string of the molecule is CCC(C)C(N)C(=O)NC(C(=O)NC(CO)C(=O)NC(C(=O)O)C(C)O)C(C)CC. The number of rotatable bonds is 13. The molecule has 30 heavy (non-hydrogen) atoms. The minimum absolute atomic E-state index is 0.102. The number of carboxylic acid groups (broad SMARTS) is 1. The Bertz CT molecular complexity index is 599. The summed E-state index contributed by atoms with van der Waals surface area (Å²) in [5.74, 6) is -4.07. The fourth-order valence-electron chi connectivity index (χ4n) is 2.56. The number of hydrogen-bond donors (Lipinski definition) is 7. The van der Waals surface area contributed by atoms with Crippen LogP contribution in [0.3, 0.4) is 0 Å². The summed E-state index contributed by atoms with van der Waals surface area (Å²) in [5, 5.41) is 35.0. The van der Waals surface area contributed by atoms with Gasteiger partial charge in [0.05, 0.1) is 18.8 Å². The third-order valence-corrected chi connectivity index (χ3v) is 5.21. The van der Waals surface area contributed by atoms with Crippen LogP contribution in [0.4, 0.5) is 0 Å². The molecule has 0 aromatic carbocycles. The van der Waals surface area contributed by atoms with Gasteiger partial charge < -0.3 is 37.0 Å². The predicted molar refractivity (Wildman–Crippen MR) is 109 cm³/mol. The van der Waals surface area contributed by atoms with E-state index < -0.39 is 60.6 Å². The summed E-state index contributed by atoms with van der Waals surface area (Å²) in [6.07, 6.45) is -0.179. The van der Waals surface area contributed by atoms with Gasteiger partial charge in [0.25, 0.3) is 0 Å². The van der Waals surface area contributed by atoms with Gasteiger partial charge in [-0.3, -0.25) is 14.4 Å². The van der Waals surface area contributed by atoms with Crippen LogP contribution in [0.5, 0.6) is 0 Å². The molecule has 11 nitrogen and oxygen atoms in total. The Morgan fingerprint density at radius 3 is 1.73 bits per heavy atom.